The molecule has 1 aromatic heterocycles. The molecule has 0 saturated heterocycles. The SMILES string of the molecule is C=C[C@@H]1N=C(c2ccco2)O[C@@H]1CBr. The molecule has 2 heterocycles. The van der Waals surface area contributed by atoms with Crippen LogP contribution in [0.2, 0.25) is 0 Å². The molecule has 0 aromatic carbocycles. The highest BCUT2D eigenvalue weighted by Gasteiger charge is 2.29. The molecule has 0 spiro atoms. The first-order valence-electron chi connectivity index (χ1n) is 4.32. The number of ether oxygens (including phenoxy) is 1. The second kappa shape index (κ2) is 4.00. The van der Waals surface area contributed by atoms with Crippen molar-refractivity contribution in [2.45, 2.75) is 12.1 Å². The normalized spacial score (nSPS) is 25.6. The van der Waals surface area contributed by atoms with Crippen LogP contribution in [0.25, 0.3) is 0 Å². The Morgan fingerprint density at radius 2 is 2.50 bits per heavy atom. The number of hydrogen-bond acceptors (Lipinski definition) is 3. The zero-order valence-electron chi connectivity index (χ0n) is 7.52. The molecule has 1 aliphatic rings. The average molecular weight is 256 g/mol. The van der Waals surface area contributed by atoms with Gasteiger partial charge in [0, 0.05) is 5.33 Å². The first-order valence-corrected chi connectivity index (χ1v) is 5.44. The molecule has 14 heavy (non-hydrogen) atoms. The minimum absolute atomic E-state index is 0.00877. The molecule has 0 unspecified atom stereocenters. The number of hydrogen-bond donors (Lipinski definition) is 0. The predicted molar refractivity (Wildman–Crippen MR) is 57.9 cm³/mol. The lowest BCUT2D eigenvalue weighted by molar-refractivity contribution is 0.229. The summed E-state index contributed by atoms with van der Waals surface area (Å²) in [4.78, 5) is 4.35. The Labute approximate surface area is 90.6 Å². The van der Waals surface area contributed by atoms with E-state index in [4.69, 9.17) is 9.15 Å². The quantitative estimate of drug-likeness (QED) is 0.614. The summed E-state index contributed by atoms with van der Waals surface area (Å²) < 4.78 is 10.8. The van der Waals surface area contributed by atoms with Crippen molar-refractivity contribution in [1.29, 1.82) is 0 Å². The first kappa shape index (κ1) is 9.52. The van der Waals surface area contributed by atoms with Crippen molar-refractivity contribution < 1.29 is 9.15 Å². The summed E-state index contributed by atoms with van der Waals surface area (Å²) in [5.74, 6) is 1.23. The molecule has 3 nitrogen and oxygen atoms in total. The van der Waals surface area contributed by atoms with Gasteiger partial charge in [-0.25, -0.2) is 4.99 Å². The Balaban J connectivity index is 2.20. The van der Waals surface area contributed by atoms with Crippen molar-refractivity contribution in [3.63, 3.8) is 0 Å². The third-order valence-corrected chi connectivity index (χ3v) is 2.67. The fraction of sp³-hybridized carbons (Fsp3) is 0.300. The van der Waals surface area contributed by atoms with Crippen LogP contribution in [0.4, 0.5) is 0 Å². The highest BCUT2D eigenvalue weighted by molar-refractivity contribution is 9.09. The standard InChI is InChI=1S/C10H10BrNO2/c1-2-7-9(6-11)14-10(12-7)8-4-3-5-13-8/h2-5,7,9H,1,6H2/t7-,9+/m0/s1. The molecule has 0 amide bonds. The van der Waals surface area contributed by atoms with Gasteiger partial charge in [-0.2, -0.15) is 0 Å². The van der Waals surface area contributed by atoms with E-state index in [9.17, 15) is 0 Å². The minimum Gasteiger partial charge on any atom is -0.468 e. The molecule has 0 aliphatic carbocycles. The Morgan fingerprint density at radius 1 is 1.64 bits per heavy atom. The van der Waals surface area contributed by atoms with Gasteiger partial charge in [0.2, 0.25) is 0 Å². The van der Waals surface area contributed by atoms with Crippen molar-refractivity contribution >= 4 is 21.8 Å². The van der Waals surface area contributed by atoms with E-state index >= 15 is 0 Å². The zero-order chi connectivity index (χ0) is 9.97. The molecule has 0 saturated carbocycles. The topological polar surface area (TPSA) is 34.7 Å². The number of aliphatic imine (C=N–C) groups is 1. The summed E-state index contributed by atoms with van der Waals surface area (Å²) in [6.07, 6.45) is 3.40. The van der Waals surface area contributed by atoms with Gasteiger partial charge in [0.1, 0.15) is 12.1 Å². The Morgan fingerprint density at radius 3 is 3.00 bits per heavy atom. The van der Waals surface area contributed by atoms with Gasteiger partial charge in [-0.1, -0.05) is 22.0 Å². The summed E-state index contributed by atoms with van der Waals surface area (Å²) in [6, 6.07) is 3.65. The van der Waals surface area contributed by atoms with Crippen LogP contribution >= 0.6 is 15.9 Å². The molecule has 4 heteroatoms. The summed E-state index contributed by atoms with van der Waals surface area (Å²) in [5, 5.41) is 0.734. The van der Waals surface area contributed by atoms with E-state index in [0.29, 0.717) is 11.7 Å². The Bertz CT molecular complexity index is 345. The van der Waals surface area contributed by atoms with Gasteiger partial charge in [0.05, 0.1) is 6.26 Å². The van der Waals surface area contributed by atoms with Crippen molar-refractivity contribution in [3.05, 3.63) is 36.8 Å². The highest BCUT2D eigenvalue weighted by Crippen LogP contribution is 2.20. The Kier molecular flexibility index (Phi) is 2.72. The van der Waals surface area contributed by atoms with Crippen LogP contribution in [0.3, 0.4) is 0 Å². The molecule has 2 atom stereocenters. The van der Waals surface area contributed by atoms with E-state index in [1.807, 2.05) is 12.1 Å². The molecule has 1 aromatic rings. The second-order valence-corrected chi connectivity index (χ2v) is 3.60. The van der Waals surface area contributed by atoms with E-state index < -0.39 is 0 Å². The summed E-state index contributed by atoms with van der Waals surface area (Å²) in [6.45, 7) is 3.72. The van der Waals surface area contributed by atoms with Crippen LogP contribution in [0, 0.1) is 0 Å². The van der Waals surface area contributed by atoms with Gasteiger partial charge in [-0.3, -0.25) is 0 Å². The zero-order valence-corrected chi connectivity index (χ0v) is 9.11. The van der Waals surface area contributed by atoms with Crippen molar-refractivity contribution in [2.24, 2.45) is 4.99 Å². The maximum absolute atomic E-state index is 5.60. The van der Waals surface area contributed by atoms with Crippen LogP contribution in [0.1, 0.15) is 5.76 Å². The van der Waals surface area contributed by atoms with Crippen LogP contribution < -0.4 is 0 Å². The predicted octanol–water partition coefficient (Wildman–Crippen LogP) is 2.37. The van der Waals surface area contributed by atoms with Crippen LogP contribution in [-0.2, 0) is 4.74 Å². The lowest BCUT2D eigenvalue weighted by Crippen LogP contribution is -2.22. The fourth-order valence-electron chi connectivity index (χ4n) is 1.31. The maximum Gasteiger partial charge on any atom is 0.254 e. The smallest absolute Gasteiger partial charge is 0.254 e. The first-order chi connectivity index (χ1) is 6.85. The number of halogens is 1. The van der Waals surface area contributed by atoms with Crippen LogP contribution in [0.15, 0.2) is 40.5 Å². The Hall–Kier alpha value is -1.03. The number of nitrogens with zero attached hydrogens (tertiary/aromatic N) is 1. The minimum atomic E-state index is 0.00877. The van der Waals surface area contributed by atoms with Crippen molar-refractivity contribution in [1.82, 2.24) is 0 Å². The largest absolute Gasteiger partial charge is 0.468 e. The molecule has 0 bridgehead atoms. The van der Waals surface area contributed by atoms with E-state index in [2.05, 4.69) is 27.5 Å². The molecular formula is C10H10BrNO2. The maximum atomic E-state index is 5.60. The summed E-state index contributed by atoms with van der Waals surface area (Å²) >= 11 is 3.37. The van der Waals surface area contributed by atoms with E-state index in [-0.39, 0.29) is 12.1 Å². The molecule has 0 fully saturated rings. The summed E-state index contributed by atoms with van der Waals surface area (Å²) in [7, 11) is 0. The molecular weight excluding hydrogens is 246 g/mol. The lowest BCUT2D eigenvalue weighted by atomic mass is 10.2. The van der Waals surface area contributed by atoms with Gasteiger partial charge >= 0.3 is 0 Å². The fourth-order valence-corrected chi connectivity index (χ4v) is 1.83. The summed E-state index contributed by atoms with van der Waals surface area (Å²) in [5.41, 5.74) is 0. The molecule has 1 aliphatic heterocycles. The van der Waals surface area contributed by atoms with Gasteiger partial charge in [0.25, 0.3) is 5.90 Å². The molecule has 0 radical (unpaired) electrons. The van der Waals surface area contributed by atoms with E-state index in [1.165, 1.54) is 0 Å². The highest BCUT2D eigenvalue weighted by atomic mass is 79.9. The van der Waals surface area contributed by atoms with E-state index in [1.54, 1.807) is 12.3 Å². The average Bonchev–Trinajstić information content (AvgIpc) is 2.85. The van der Waals surface area contributed by atoms with Gasteiger partial charge in [-0.15, -0.1) is 6.58 Å². The number of rotatable bonds is 3. The van der Waals surface area contributed by atoms with Crippen LogP contribution in [0.5, 0.6) is 0 Å². The molecule has 0 N–H and O–H groups in total. The monoisotopic (exact) mass is 255 g/mol. The molecule has 74 valence electrons. The van der Waals surface area contributed by atoms with Crippen LogP contribution in [-0.4, -0.2) is 23.4 Å². The van der Waals surface area contributed by atoms with Gasteiger partial charge in [0.15, 0.2) is 5.76 Å². The molecule has 2 rings (SSSR count). The lowest BCUT2D eigenvalue weighted by Gasteiger charge is -2.10. The van der Waals surface area contributed by atoms with Gasteiger partial charge in [-0.05, 0) is 12.1 Å². The van der Waals surface area contributed by atoms with E-state index in [0.717, 1.165) is 5.33 Å². The third kappa shape index (κ3) is 1.62. The number of furan rings is 1. The van der Waals surface area contributed by atoms with Gasteiger partial charge < -0.3 is 9.15 Å². The van der Waals surface area contributed by atoms with Crippen molar-refractivity contribution in [2.75, 3.05) is 5.33 Å². The number of alkyl halides is 1. The van der Waals surface area contributed by atoms with Crippen molar-refractivity contribution in [3.8, 4) is 0 Å². The third-order valence-electron chi connectivity index (χ3n) is 2.04. The second-order valence-electron chi connectivity index (χ2n) is 2.95.